The van der Waals surface area contributed by atoms with E-state index in [-0.39, 0.29) is 23.6 Å². The summed E-state index contributed by atoms with van der Waals surface area (Å²) < 4.78 is 5.58. The van der Waals surface area contributed by atoms with E-state index in [2.05, 4.69) is 0 Å². The van der Waals surface area contributed by atoms with E-state index in [1.165, 1.54) is 16.7 Å². The maximum atomic E-state index is 11.8. The van der Waals surface area contributed by atoms with Gasteiger partial charge >= 0.3 is 5.97 Å². The van der Waals surface area contributed by atoms with Gasteiger partial charge in [-0.3, -0.25) is 9.69 Å². The molecule has 1 saturated heterocycles. The number of amides is 1. The summed E-state index contributed by atoms with van der Waals surface area (Å²) in [6, 6.07) is 7.95. The number of benzene rings is 1. The van der Waals surface area contributed by atoms with Crippen molar-refractivity contribution in [3.63, 3.8) is 0 Å². The number of rotatable bonds is 4. The summed E-state index contributed by atoms with van der Waals surface area (Å²) in [7, 11) is 0. The van der Waals surface area contributed by atoms with Gasteiger partial charge in [-0.15, -0.1) is 11.8 Å². The highest BCUT2D eigenvalue weighted by Gasteiger charge is 2.51. The minimum atomic E-state index is -1.17. The first kappa shape index (κ1) is 15.4. The monoisotopic (exact) mass is 331 g/mol. The number of hydrogen-bond acceptors (Lipinski definition) is 6. The van der Waals surface area contributed by atoms with Gasteiger partial charge in [0.15, 0.2) is 0 Å². The van der Waals surface area contributed by atoms with Crippen LogP contribution in [0.25, 0.3) is 0 Å². The highest BCUT2D eigenvalue weighted by atomic mass is 32.2. The number of carbonyl (C=O) groups is 2. The van der Waals surface area contributed by atoms with Crippen LogP contribution in [0.2, 0.25) is 0 Å². The van der Waals surface area contributed by atoms with Gasteiger partial charge in [0.05, 0.1) is 11.6 Å². The number of nitriles is 1. The molecule has 1 amide bonds. The standard InChI is InChI=1S/C15H13N3O4S/c16-5-8-2-1-3-10(4-8)22-6-9-7-23-14-11(17)13(19)18(14)12(9)15(20)21/h1-4,11,14H,6-7,17H2,(H,20,21)/t11?,14-/m1/s1. The van der Waals surface area contributed by atoms with E-state index < -0.39 is 12.0 Å². The third kappa shape index (κ3) is 2.65. The number of nitrogens with zero attached hydrogens (tertiary/aromatic N) is 2. The fourth-order valence-corrected chi connectivity index (χ4v) is 3.79. The molecule has 7 nitrogen and oxygen atoms in total. The molecule has 1 aromatic rings. The Kier molecular flexibility index (Phi) is 3.98. The zero-order valence-corrected chi connectivity index (χ0v) is 12.7. The van der Waals surface area contributed by atoms with Crippen molar-refractivity contribution in [1.82, 2.24) is 4.90 Å². The molecular formula is C15H13N3O4S. The maximum absolute atomic E-state index is 11.8. The molecule has 0 aliphatic carbocycles. The third-order valence-electron chi connectivity index (χ3n) is 3.67. The van der Waals surface area contributed by atoms with Gasteiger partial charge in [-0.2, -0.15) is 5.26 Å². The van der Waals surface area contributed by atoms with Crippen molar-refractivity contribution >= 4 is 23.6 Å². The van der Waals surface area contributed by atoms with Crippen molar-refractivity contribution in [3.05, 3.63) is 41.1 Å². The summed E-state index contributed by atoms with van der Waals surface area (Å²) in [6.45, 7) is 0.0370. The third-order valence-corrected chi connectivity index (χ3v) is 5.03. The predicted molar refractivity (Wildman–Crippen MR) is 82.4 cm³/mol. The van der Waals surface area contributed by atoms with E-state index in [0.29, 0.717) is 22.6 Å². The summed E-state index contributed by atoms with van der Waals surface area (Å²) >= 11 is 1.42. The zero-order chi connectivity index (χ0) is 16.6. The van der Waals surface area contributed by atoms with Crippen LogP contribution in [0.3, 0.4) is 0 Å². The van der Waals surface area contributed by atoms with Crippen molar-refractivity contribution in [2.45, 2.75) is 11.4 Å². The van der Waals surface area contributed by atoms with Gasteiger partial charge < -0.3 is 15.6 Å². The van der Waals surface area contributed by atoms with E-state index in [1.54, 1.807) is 24.3 Å². The lowest BCUT2D eigenvalue weighted by molar-refractivity contribution is -0.148. The fraction of sp³-hybridized carbons (Fsp3) is 0.267. The quantitative estimate of drug-likeness (QED) is 0.772. The molecule has 1 unspecified atom stereocenters. The number of carboxylic acid groups (broad SMARTS) is 1. The van der Waals surface area contributed by atoms with Gasteiger partial charge in [-0.1, -0.05) is 6.07 Å². The Morgan fingerprint density at radius 3 is 3.04 bits per heavy atom. The Morgan fingerprint density at radius 2 is 2.35 bits per heavy atom. The molecule has 3 rings (SSSR count). The number of carboxylic acids is 1. The zero-order valence-electron chi connectivity index (χ0n) is 11.9. The molecule has 0 spiro atoms. The normalized spacial score (nSPS) is 23.0. The van der Waals surface area contributed by atoms with Crippen LogP contribution < -0.4 is 10.5 Å². The number of aliphatic carboxylic acids is 1. The highest BCUT2D eigenvalue weighted by Crippen LogP contribution is 2.39. The van der Waals surface area contributed by atoms with Crippen LogP contribution in [0, 0.1) is 11.3 Å². The summed E-state index contributed by atoms with van der Waals surface area (Å²) in [5, 5.41) is 18.0. The molecule has 1 aromatic carbocycles. The molecule has 2 aliphatic heterocycles. The predicted octanol–water partition coefficient (Wildman–Crippen LogP) is 0.518. The van der Waals surface area contributed by atoms with E-state index in [0.717, 1.165) is 0 Å². The summed E-state index contributed by atoms with van der Waals surface area (Å²) in [5.74, 6) is -0.648. The molecule has 3 N–H and O–H groups in total. The Morgan fingerprint density at radius 1 is 1.57 bits per heavy atom. The van der Waals surface area contributed by atoms with Crippen LogP contribution in [0.1, 0.15) is 5.56 Å². The van der Waals surface area contributed by atoms with Gasteiger partial charge in [-0.05, 0) is 18.2 Å². The lowest BCUT2D eigenvalue weighted by atomic mass is 10.0. The second kappa shape index (κ2) is 5.95. The van der Waals surface area contributed by atoms with Crippen LogP contribution >= 0.6 is 11.8 Å². The average molecular weight is 331 g/mol. The molecule has 0 aromatic heterocycles. The molecule has 2 atom stereocenters. The van der Waals surface area contributed by atoms with Crippen LogP contribution in [0.5, 0.6) is 5.75 Å². The van der Waals surface area contributed by atoms with Crippen molar-refractivity contribution in [3.8, 4) is 11.8 Å². The first-order valence-corrected chi connectivity index (χ1v) is 7.86. The summed E-state index contributed by atoms with van der Waals surface area (Å²) in [5.41, 5.74) is 6.62. The first-order chi connectivity index (χ1) is 11.0. The first-order valence-electron chi connectivity index (χ1n) is 6.81. The summed E-state index contributed by atoms with van der Waals surface area (Å²) in [4.78, 5) is 24.6. The van der Waals surface area contributed by atoms with E-state index in [4.69, 9.17) is 15.7 Å². The number of fused-ring (bicyclic) bond motifs is 1. The topological polar surface area (TPSA) is 117 Å². The molecule has 8 heteroatoms. The Balaban J connectivity index is 1.81. The lowest BCUT2D eigenvalue weighted by Gasteiger charge is -2.47. The number of β-lactam (4-membered cyclic amide) rings is 1. The molecule has 23 heavy (non-hydrogen) atoms. The Labute approximate surface area is 136 Å². The van der Waals surface area contributed by atoms with Gasteiger partial charge in [0.1, 0.15) is 29.5 Å². The molecule has 0 radical (unpaired) electrons. The number of thioether (sulfide) groups is 1. The molecule has 0 bridgehead atoms. The second-order valence-corrected chi connectivity index (χ2v) is 6.23. The van der Waals surface area contributed by atoms with Crippen molar-refractivity contribution in [1.29, 1.82) is 5.26 Å². The minimum Gasteiger partial charge on any atom is -0.489 e. The van der Waals surface area contributed by atoms with Gasteiger partial charge in [-0.25, -0.2) is 4.79 Å². The van der Waals surface area contributed by atoms with E-state index in [9.17, 15) is 14.7 Å². The number of ether oxygens (including phenoxy) is 1. The molecule has 2 heterocycles. The fourth-order valence-electron chi connectivity index (χ4n) is 2.52. The van der Waals surface area contributed by atoms with E-state index >= 15 is 0 Å². The smallest absolute Gasteiger partial charge is 0.352 e. The van der Waals surface area contributed by atoms with Crippen molar-refractivity contribution in [2.75, 3.05) is 12.4 Å². The van der Waals surface area contributed by atoms with Gasteiger partial charge in [0.25, 0.3) is 0 Å². The van der Waals surface area contributed by atoms with Crippen LogP contribution in [0.4, 0.5) is 0 Å². The molecule has 2 aliphatic rings. The Hall–Kier alpha value is -2.50. The summed E-state index contributed by atoms with van der Waals surface area (Å²) in [6.07, 6.45) is 0. The minimum absolute atomic E-state index is 0.0370. The second-order valence-electron chi connectivity index (χ2n) is 5.12. The van der Waals surface area contributed by atoms with Gasteiger partial charge in [0, 0.05) is 11.3 Å². The molecular weight excluding hydrogens is 318 g/mol. The van der Waals surface area contributed by atoms with E-state index in [1.807, 2.05) is 6.07 Å². The number of nitrogens with two attached hydrogens (primary N) is 1. The number of hydrogen-bond donors (Lipinski definition) is 2. The largest absolute Gasteiger partial charge is 0.489 e. The SMILES string of the molecule is N#Cc1cccc(OCC2=C(C(=O)O)N3C(=O)C(N)[C@H]3SC2)c1. The van der Waals surface area contributed by atoms with Crippen LogP contribution in [-0.2, 0) is 9.59 Å². The maximum Gasteiger partial charge on any atom is 0.352 e. The van der Waals surface area contributed by atoms with Crippen LogP contribution in [-0.4, -0.2) is 45.7 Å². The van der Waals surface area contributed by atoms with Gasteiger partial charge in [0.2, 0.25) is 5.91 Å². The molecule has 118 valence electrons. The lowest BCUT2D eigenvalue weighted by Crippen LogP contribution is -2.68. The average Bonchev–Trinajstić information content (AvgIpc) is 2.58. The highest BCUT2D eigenvalue weighted by molar-refractivity contribution is 8.00. The molecule has 1 fully saturated rings. The number of carbonyl (C=O) groups excluding carboxylic acids is 1. The van der Waals surface area contributed by atoms with Crippen molar-refractivity contribution < 1.29 is 19.4 Å². The Bertz CT molecular complexity index is 755. The van der Waals surface area contributed by atoms with Crippen molar-refractivity contribution in [2.24, 2.45) is 5.73 Å². The van der Waals surface area contributed by atoms with Crippen LogP contribution in [0.15, 0.2) is 35.5 Å². The molecule has 0 saturated carbocycles.